The number of methoxy groups -OCH3 is 1. The Kier molecular flexibility index (Phi) is 11.5. The standard InChI is InChI=1S/C30H43IN2O7/c1-39-26-14-20(18-35)13-23(31)29(26)40-25-17-21(30(38)32-11-12-34)16-24(28(25)37)33(22-9-3-2-4-10-22)27(36)15-19-7-5-6-8-19/h13-14,17,19,22,24-25,28,34-35,37H,2-12,15-16,18H2,1H3,(H,32,38)/t24-,25+,28+/m1/s1. The SMILES string of the molecule is COc1cc(CO)cc(I)c1O[C@H]1C=C(C(=O)NCCO)C[C@@H](N(C(=O)CC2CCCC2)C2CCCCC2)[C@@H]1O. The fourth-order valence-electron chi connectivity index (χ4n) is 6.45. The second-order valence-electron chi connectivity index (χ2n) is 11.2. The molecular formula is C30H43IN2O7. The molecule has 222 valence electrons. The van der Waals surface area contributed by atoms with E-state index in [9.17, 15) is 24.9 Å². The van der Waals surface area contributed by atoms with Crippen molar-refractivity contribution in [2.75, 3.05) is 20.3 Å². The van der Waals surface area contributed by atoms with Crippen LogP contribution in [0.3, 0.4) is 0 Å². The van der Waals surface area contributed by atoms with Crippen LogP contribution in [-0.2, 0) is 16.2 Å². The lowest BCUT2D eigenvalue weighted by molar-refractivity contribution is -0.144. The van der Waals surface area contributed by atoms with Gasteiger partial charge in [0.2, 0.25) is 11.8 Å². The van der Waals surface area contributed by atoms with Gasteiger partial charge in [0.05, 0.1) is 29.9 Å². The summed E-state index contributed by atoms with van der Waals surface area (Å²) in [5, 5.41) is 33.4. The molecule has 0 unspecified atom stereocenters. The third-order valence-electron chi connectivity index (χ3n) is 8.49. The fourth-order valence-corrected chi connectivity index (χ4v) is 7.24. The Labute approximate surface area is 250 Å². The van der Waals surface area contributed by atoms with Gasteiger partial charge in [-0.15, -0.1) is 0 Å². The molecule has 0 aromatic heterocycles. The summed E-state index contributed by atoms with van der Waals surface area (Å²) in [5.41, 5.74) is 1.08. The summed E-state index contributed by atoms with van der Waals surface area (Å²) in [6, 6.07) is 2.86. The lowest BCUT2D eigenvalue weighted by atomic mass is 9.84. The Hall–Kier alpha value is -1.89. The van der Waals surface area contributed by atoms with Crippen molar-refractivity contribution >= 4 is 34.4 Å². The van der Waals surface area contributed by atoms with Crippen molar-refractivity contribution in [3.63, 3.8) is 0 Å². The molecule has 0 saturated heterocycles. The number of aliphatic hydroxyl groups is 3. The number of nitrogens with one attached hydrogen (secondary N) is 1. The minimum Gasteiger partial charge on any atom is -0.493 e. The Balaban J connectivity index is 1.69. The van der Waals surface area contributed by atoms with Crippen LogP contribution in [0, 0.1) is 9.49 Å². The molecule has 2 saturated carbocycles. The molecule has 9 nitrogen and oxygen atoms in total. The number of nitrogens with zero attached hydrogens (tertiary/aromatic N) is 1. The summed E-state index contributed by atoms with van der Waals surface area (Å²) in [5.74, 6) is 0.885. The van der Waals surface area contributed by atoms with Crippen LogP contribution in [0.1, 0.15) is 76.2 Å². The van der Waals surface area contributed by atoms with Gasteiger partial charge in [-0.05, 0) is 78.0 Å². The summed E-state index contributed by atoms with van der Waals surface area (Å²) >= 11 is 2.10. The molecule has 0 spiro atoms. The van der Waals surface area contributed by atoms with Crippen LogP contribution in [0.15, 0.2) is 23.8 Å². The highest BCUT2D eigenvalue weighted by Gasteiger charge is 2.43. The van der Waals surface area contributed by atoms with Crippen molar-refractivity contribution in [2.24, 2.45) is 5.92 Å². The predicted octanol–water partition coefficient (Wildman–Crippen LogP) is 3.45. The highest BCUT2D eigenvalue weighted by molar-refractivity contribution is 14.1. The maximum absolute atomic E-state index is 14.0. The number of aliphatic hydroxyl groups excluding tert-OH is 3. The monoisotopic (exact) mass is 670 g/mol. The zero-order valence-electron chi connectivity index (χ0n) is 23.3. The molecule has 10 heteroatoms. The van der Waals surface area contributed by atoms with Gasteiger partial charge in [0.15, 0.2) is 11.5 Å². The van der Waals surface area contributed by atoms with Crippen molar-refractivity contribution in [3.05, 3.63) is 32.9 Å². The molecular weight excluding hydrogens is 627 g/mol. The maximum Gasteiger partial charge on any atom is 0.247 e. The Morgan fingerprint density at radius 2 is 1.77 bits per heavy atom. The lowest BCUT2D eigenvalue weighted by Gasteiger charge is -2.45. The van der Waals surface area contributed by atoms with Crippen molar-refractivity contribution < 1.29 is 34.4 Å². The van der Waals surface area contributed by atoms with E-state index in [1.165, 1.54) is 7.11 Å². The third-order valence-corrected chi connectivity index (χ3v) is 9.29. The van der Waals surface area contributed by atoms with Crippen LogP contribution in [0.5, 0.6) is 11.5 Å². The topological polar surface area (TPSA) is 129 Å². The summed E-state index contributed by atoms with van der Waals surface area (Å²) < 4.78 is 12.6. The minimum atomic E-state index is -1.07. The van der Waals surface area contributed by atoms with Gasteiger partial charge in [0.1, 0.15) is 12.2 Å². The van der Waals surface area contributed by atoms with Crippen LogP contribution >= 0.6 is 22.6 Å². The Bertz CT molecular complexity index is 1050. The molecule has 0 radical (unpaired) electrons. The molecule has 0 aliphatic heterocycles. The lowest BCUT2D eigenvalue weighted by Crippen LogP contribution is -2.58. The van der Waals surface area contributed by atoms with E-state index in [1.54, 1.807) is 18.2 Å². The summed E-state index contributed by atoms with van der Waals surface area (Å²) in [6.07, 6.45) is 9.71. The van der Waals surface area contributed by atoms with Crippen LogP contribution in [0.2, 0.25) is 0 Å². The molecule has 3 aliphatic carbocycles. The van der Waals surface area contributed by atoms with Crippen LogP contribution < -0.4 is 14.8 Å². The highest BCUT2D eigenvalue weighted by Crippen LogP contribution is 2.39. The number of carbonyl (C=O) groups excluding carboxylic acids is 2. The summed E-state index contributed by atoms with van der Waals surface area (Å²) in [7, 11) is 1.51. The van der Waals surface area contributed by atoms with E-state index in [0.717, 1.165) is 57.8 Å². The maximum atomic E-state index is 14.0. The number of amides is 2. The molecule has 3 atom stereocenters. The first kappa shape index (κ1) is 31.1. The zero-order valence-corrected chi connectivity index (χ0v) is 25.5. The number of rotatable bonds is 11. The first-order chi connectivity index (χ1) is 19.4. The van der Waals surface area contributed by atoms with Gasteiger partial charge < -0.3 is 35.0 Å². The first-order valence-corrected chi connectivity index (χ1v) is 15.7. The number of ether oxygens (including phenoxy) is 2. The van der Waals surface area contributed by atoms with Crippen LogP contribution in [0.4, 0.5) is 0 Å². The second kappa shape index (κ2) is 14.8. The average molecular weight is 671 g/mol. The van der Waals surface area contributed by atoms with Crippen molar-refractivity contribution in [1.82, 2.24) is 10.2 Å². The molecule has 3 aliphatic rings. The normalized spacial score (nSPS) is 23.9. The van der Waals surface area contributed by atoms with E-state index in [4.69, 9.17) is 9.47 Å². The van der Waals surface area contributed by atoms with Gasteiger partial charge in [-0.2, -0.15) is 0 Å². The molecule has 4 rings (SSSR count). The Morgan fingerprint density at radius 1 is 1.07 bits per heavy atom. The van der Waals surface area contributed by atoms with Gasteiger partial charge in [-0.3, -0.25) is 9.59 Å². The van der Waals surface area contributed by atoms with Crippen molar-refractivity contribution in [3.8, 4) is 11.5 Å². The molecule has 0 bridgehead atoms. The molecule has 4 N–H and O–H groups in total. The second-order valence-corrected chi connectivity index (χ2v) is 12.4. The smallest absolute Gasteiger partial charge is 0.247 e. The molecule has 1 aromatic carbocycles. The van der Waals surface area contributed by atoms with Crippen molar-refractivity contribution in [2.45, 2.75) is 102 Å². The largest absolute Gasteiger partial charge is 0.493 e. The number of hydrogen-bond donors (Lipinski definition) is 4. The fraction of sp³-hybridized carbons (Fsp3) is 0.667. The van der Waals surface area contributed by atoms with E-state index in [0.29, 0.717) is 38.5 Å². The number of hydrogen-bond acceptors (Lipinski definition) is 7. The highest BCUT2D eigenvalue weighted by atomic mass is 127. The van der Waals surface area contributed by atoms with Gasteiger partial charge in [-0.25, -0.2) is 0 Å². The number of benzene rings is 1. The van der Waals surface area contributed by atoms with E-state index in [1.807, 2.05) is 4.90 Å². The molecule has 2 amide bonds. The van der Waals surface area contributed by atoms with E-state index >= 15 is 0 Å². The van der Waals surface area contributed by atoms with Gasteiger partial charge in [-0.1, -0.05) is 32.1 Å². The average Bonchev–Trinajstić information content (AvgIpc) is 3.47. The predicted molar refractivity (Wildman–Crippen MR) is 159 cm³/mol. The molecule has 0 heterocycles. The van der Waals surface area contributed by atoms with Gasteiger partial charge in [0.25, 0.3) is 0 Å². The number of carbonyl (C=O) groups is 2. The number of halogens is 1. The zero-order chi connectivity index (χ0) is 28.6. The van der Waals surface area contributed by atoms with Gasteiger partial charge in [0, 0.05) is 31.0 Å². The van der Waals surface area contributed by atoms with E-state index in [-0.39, 0.29) is 44.0 Å². The van der Waals surface area contributed by atoms with Crippen LogP contribution in [0.25, 0.3) is 0 Å². The van der Waals surface area contributed by atoms with E-state index in [2.05, 4.69) is 27.9 Å². The first-order valence-electron chi connectivity index (χ1n) is 14.6. The quantitative estimate of drug-likeness (QED) is 0.266. The van der Waals surface area contributed by atoms with Crippen LogP contribution in [-0.4, -0.2) is 76.6 Å². The molecule has 1 aromatic rings. The Morgan fingerprint density at radius 3 is 2.42 bits per heavy atom. The summed E-state index contributed by atoms with van der Waals surface area (Å²) in [6.45, 7) is -0.239. The third kappa shape index (κ3) is 7.49. The van der Waals surface area contributed by atoms with Gasteiger partial charge >= 0.3 is 0 Å². The van der Waals surface area contributed by atoms with Crippen molar-refractivity contribution in [1.29, 1.82) is 0 Å². The molecule has 2 fully saturated rings. The minimum absolute atomic E-state index is 0.0151. The van der Waals surface area contributed by atoms with E-state index < -0.39 is 18.2 Å². The molecule has 40 heavy (non-hydrogen) atoms. The summed E-state index contributed by atoms with van der Waals surface area (Å²) in [4.78, 5) is 29.0.